The quantitative estimate of drug-likeness (QED) is 0.267. The Labute approximate surface area is 200 Å². The summed E-state index contributed by atoms with van der Waals surface area (Å²) >= 11 is 13.1. The van der Waals surface area contributed by atoms with Gasteiger partial charge in [0.2, 0.25) is 0 Å². The second-order valence-electron chi connectivity index (χ2n) is 7.31. The molecule has 2 aromatic carbocycles. The Hall–Kier alpha value is -2.94. The molecule has 0 saturated heterocycles. The van der Waals surface area contributed by atoms with Gasteiger partial charge in [0.25, 0.3) is 0 Å². The maximum atomic E-state index is 11.9. The van der Waals surface area contributed by atoms with Gasteiger partial charge in [-0.2, -0.15) is 5.10 Å². The number of methoxy groups -OCH3 is 1. The van der Waals surface area contributed by atoms with Crippen molar-refractivity contribution in [2.75, 3.05) is 17.7 Å². The topological polar surface area (TPSA) is 68.2 Å². The fourth-order valence-corrected chi connectivity index (χ4v) is 5.06. The van der Waals surface area contributed by atoms with E-state index in [0.29, 0.717) is 15.0 Å². The number of hydrogen-bond donors (Lipinski definition) is 2. The van der Waals surface area contributed by atoms with Crippen LogP contribution in [0.15, 0.2) is 48.5 Å². The highest BCUT2D eigenvalue weighted by atomic mass is 35.5. The Bertz CT molecular complexity index is 1310. The van der Waals surface area contributed by atoms with Crippen molar-refractivity contribution in [3.8, 4) is 0 Å². The number of nitrogens with one attached hydrogen (secondary N) is 2. The molecule has 4 rings (SSSR count). The fraction of sp³-hybridized carbons (Fsp3) is 0.174. The summed E-state index contributed by atoms with van der Waals surface area (Å²) in [4.78, 5) is 12.3. The molecule has 2 aromatic heterocycles. The molecular formula is C23H21ClN4O2S2. The molecule has 2 N–H and O–H groups in total. The molecular weight excluding hydrogens is 464 g/mol. The van der Waals surface area contributed by atoms with Crippen LogP contribution in [0.2, 0.25) is 5.02 Å². The van der Waals surface area contributed by atoms with Gasteiger partial charge in [0.05, 0.1) is 24.4 Å². The van der Waals surface area contributed by atoms with Gasteiger partial charge < -0.3 is 15.4 Å². The van der Waals surface area contributed by atoms with Crippen molar-refractivity contribution in [3.63, 3.8) is 0 Å². The van der Waals surface area contributed by atoms with Crippen LogP contribution >= 0.6 is 35.2 Å². The first-order valence-corrected chi connectivity index (χ1v) is 11.4. The first kappa shape index (κ1) is 22.3. The number of carbonyl (C=O) groups is 1. The molecule has 164 valence electrons. The minimum Gasteiger partial charge on any atom is -0.465 e. The summed E-state index contributed by atoms with van der Waals surface area (Å²) in [6.07, 6.45) is 0. The number of fused-ring (bicyclic) bond motifs is 1. The van der Waals surface area contributed by atoms with Crippen molar-refractivity contribution in [1.29, 1.82) is 0 Å². The highest BCUT2D eigenvalue weighted by molar-refractivity contribution is 7.80. The van der Waals surface area contributed by atoms with Crippen molar-refractivity contribution in [2.24, 2.45) is 0 Å². The number of thiocarbonyl (C=S) groups is 1. The van der Waals surface area contributed by atoms with Crippen LogP contribution < -0.4 is 10.6 Å². The number of halogens is 1. The van der Waals surface area contributed by atoms with E-state index in [-0.39, 0.29) is 0 Å². The van der Waals surface area contributed by atoms with E-state index >= 15 is 0 Å². The summed E-state index contributed by atoms with van der Waals surface area (Å²) in [5, 5.41) is 12.5. The molecule has 0 aliphatic carbocycles. The zero-order valence-corrected chi connectivity index (χ0v) is 20.1. The molecule has 0 amide bonds. The van der Waals surface area contributed by atoms with Crippen LogP contribution in [0, 0.1) is 13.8 Å². The standard InChI is InChI=1S/C23H21ClN4O2S2/c1-13-10-14(2)28(27-13)12-15-4-6-16(7-5-15)25-23(31)26-17-8-9-18-19(11-17)32-21(20(18)24)22(29)30-3/h4-11H,12H2,1-3H3,(H2,25,26,31). The summed E-state index contributed by atoms with van der Waals surface area (Å²) < 4.78 is 7.65. The third-order valence-corrected chi connectivity index (χ3v) is 6.75. The lowest BCUT2D eigenvalue weighted by molar-refractivity contribution is 0.0606. The number of hydrogen-bond acceptors (Lipinski definition) is 5. The Morgan fingerprint density at radius 2 is 1.81 bits per heavy atom. The van der Waals surface area contributed by atoms with Crippen molar-refractivity contribution >= 4 is 67.7 Å². The number of nitrogens with zero attached hydrogens (tertiary/aromatic N) is 2. The number of anilines is 2. The fourth-order valence-electron chi connectivity index (χ4n) is 3.36. The number of ether oxygens (including phenoxy) is 1. The molecule has 2 heterocycles. The second-order valence-corrected chi connectivity index (χ2v) is 9.15. The first-order chi connectivity index (χ1) is 15.3. The van der Waals surface area contributed by atoms with E-state index in [2.05, 4.69) is 40.9 Å². The summed E-state index contributed by atoms with van der Waals surface area (Å²) in [6, 6.07) is 15.8. The SMILES string of the molecule is COC(=O)c1sc2cc(NC(=S)Nc3ccc(Cn4nc(C)cc4C)cc3)ccc2c1Cl. The van der Waals surface area contributed by atoms with Crippen LogP contribution in [0.1, 0.15) is 26.6 Å². The molecule has 0 saturated carbocycles. The van der Waals surface area contributed by atoms with Gasteiger partial charge in [0.1, 0.15) is 4.88 Å². The average molecular weight is 485 g/mol. The molecule has 0 radical (unpaired) electrons. The lowest BCUT2D eigenvalue weighted by Gasteiger charge is -2.11. The van der Waals surface area contributed by atoms with Gasteiger partial charge >= 0.3 is 5.97 Å². The molecule has 0 unspecified atom stereocenters. The molecule has 0 atom stereocenters. The zero-order valence-electron chi connectivity index (χ0n) is 17.7. The van der Waals surface area contributed by atoms with Gasteiger partial charge in [-0.05, 0) is 68.0 Å². The molecule has 0 aliphatic rings. The largest absolute Gasteiger partial charge is 0.465 e. The second kappa shape index (κ2) is 9.28. The molecule has 0 fully saturated rings. The average Bonchev–Trinajstić information content (AvgIpc) is 3.26. The summed E-state index contributed by atoms with van der Waals surface area (Å²) in [7, 11) is 1.34. The predicted molar refractivity (Wildman–Crippen MR) is 135 cm³/mol. The van der Waals surface area contributed by atoms with Gasteiger partial charge in [-0.25, -0.2) is 4.79 Å². The molecule has 32 heavy (non-hydrogen) atoms. The summed E-state index contributed by atoms with van der Waals surface area (Å²) in [6.45, 7) is 4.77. The van der Waals surface area contributed by atoms with Crippen LogP contribution in [0.5, 0.6) is 0 Å². The Morgan fingerprint density at radius 3 is 2.47 bits per heavy atom. The molecule has 4 aromatic rings. The Morgan fingerprint density at radius 1 is 1.12 bits per heavy atom. The number of esters is 1. The number of benzene rings is 2. The lowest BCUT2D eigenvalue weighted by atomic mass is 10.2. The maximum Gasteiger partial charge on any atom is 0.349 e. The van der Waals surface area contributed by atoms with E-state index in [1.165, 1.54) is 18.4 Å². The van der Waals surface area contributed by atoms with Crippen molar-refractivity contribution in [3.05, 3.63) is 75.4 Å². The summed E-state index contributed by atoms with van der Waals surface area (Å²) in [5.74, 6) is -0.441. The van der Waals surface area contributed by atoms with Crippen LogP contribution in [0.3, 0.4) is 0 Å². The molecule has 0 spiro atoms. The van der Waals surface area contributed by atoms with Crippen LogP contribution in [0.25, 0.3) is 10.1 Å². The predicted octanol–water partition coefficient (Wildman–Crippen LogP) is 6.01. The number of thiophene rings is 1. The van der Waals surface area contributed by atoms with E-state index in [1.807, 2.05) is 41.9 Å². The van der Waals surface area contributed by atoms with Crippen molar-refractivity contribution in [2.45, 2.75) is 20.4 Å². The number of aromatic nitrogens is 2. The van der Waals surface area contributed by atoms with Gasteiger partial charge in [-0.3, -0.25) is 4.68 Å². The Kier molecular flexibility index (Phi) is 6.45. The van der Waals surface area contributed by atoms with Crippen LogP contribution in [-0.4, -0.2) is 28.0 Å². The normalized spacial score (nSPS) is 10.9. The first-order valence-electron chi connectivity index (χ1n) is 9.82. The minimum absolute atomic E-state index is 0.391. The van der Waals surface area contributed by atoms with Gasteiger partial charge in [-0.1, -0.05) is 23.7 Å². The number of carbonyl (C=O) groups excluding carboxylic acids is 1. The highest BCUT2D eigenvalue weighted by Crippen LogP contribution is 2.37. The van der Waals surface area contributed by atoms with E-state index in [9.17, 15) is 4.79 Å². The third-order valence-electron chi connectivity index (χ3n) is 4.91. The van der Waals surface area contributed by atoms with Gasteiger partial charge in [-0.15, -0.1) is 11.3 Å². The third kappa shape index (κ3) is 4.77. The van der Waals surface area contributed by atoms with Gasteiger partial charge in [0, 0.05) is 27.2 Å². The zero-order chi connectivity index (χ0) is 22.8. The number of aryl methyl sites for hydroxylation is 2. The lowest BCUT2D eigenvalue weighted by Crippen LogP contribution is -2.19. The smallest absolute Gasteiger partial charge is 0.349 e. The summed E-state index contributed by atoms with van der Waals surface area (Å²) in [5.41, 5.74) is 4.99. The highest BCUT2D eigenvalue weighted by Gasteiger charge is 2.17. The van der Waals surface area contributed by atoms with Gasteiger partial charge in [0.15, 0.2) is 5.11 Å². The molecule has 6 nitrogen and oxygen atoms in total. The van der Waals surface area contributed by atoms with E-state index in [0.717, 1.165) is 45.0 Å². The van der Waals surface area contributed by atoms with E-state index in [4.69, 9.17) is 28.6 Å². The van der Waals surface area contributed by atoms with Crippen LogP contribution in [0.4, 0.5) is 11.4 Å². The van der Waals surface area contributed by atoms with Crippen LogP contribution in [-0.2, 0) is 11.3 Å². The number of rotatable bonds is 5. The maximum absolute atomic E-state index is 11.9. The van der Waals surface area contributed by atoms with E-state index in [1.54, 1.807) is 0 Å². The Balaban J connectivity index is 1.41. The van der Waals surface area contributed by atoms with E-state index < -0.39 is 5.97 Å². The minimum atomic E-state index is -0.441. The van der Waals surface area contributed by atoms with Crippen molar-refractivity contribution < 1.29 is 9.53 Å². The molecule has 9 heteroatoms. The molecule has 0 aliphatic heterocycles. The molecule has 0 bridgehead atoms. The van der Waals surface area contributed by atoms with Crippen molar-refractivity contribution in [1.82, 2.24) is 9.78 Å². The monoisotopic (exact) mass is 484 g/mol.